The molecule has 4 amide bonds. The molecule has 2 heterocycles. The van der Waals surface area contributed by atoms with Gasteiger partial charge >= 0.3 is 12.2 Å². The van der Waals surface area contributed by atoms with Crippen LogP contribution in [0.25, 0.3) is 0 Å². The van der Waals surface area contributed by atoms with Gasteiger partial charge in [-0.1, -0.05) is 42.5 Å². The van der Waals surface area contributed by atoms with E-state index in [9.17, 15) is 29.1 Å². The van der Waals surface area contributed by atoms with Crippen LogP contribution < -0.4 is 10.6 Å². The molecule has 13 nitrogen and oxygen atoms in total. The Labute approximate surface area is 307 Å². The number of Topliss-reactive ketones (excluding diaryl/α,β-unsaturated/α-hetero) is 1. The van der Waals surface area contributed by atoms with Gasteiger partial charge in [-0.25, -0.2) is 9.59 Å². The molecule has 1 aromatic carbocycles. The summed E-state index contributed by atoms with van der Waals surface area (Å²) in [5.74, 6) is -0.790. The van der Waals surface area contributed by atoms with Crippen LogP contribution in [0.2, 0.25) is 0 Å². The summed E-state index contributed by atoms with van der Waals surface area (Å²) in [6, 6.07) is 5.76. The Kier molecular flexibility index (Phi) is 14.0. The molecule has 0 bridgehead atoms. The molecule has 0 saturated carbocycles. The van der Waals surface area contributed by atoms with E-state index in [1.54, 1.807) is 53.7 Å². The lowest BCUT2D eigenvalue weighted by molar-refractivity contribution is -0.127. The number of carbonyl (C=O) groups excluding carboxylic acids is 5. The maximum Gasteiger partial charge on any atom is 0.410 e. The predicted octanol–water partition coefficient (Wildman–Crippen LogP) is 4.67. The summed E-state index contributed by atoms with van der Waals surface area (Å²) in [6.45, 7) is 12.3. The molecule has 4 rings (SSSR count). The van der Waals surface area contributed by atoms with Crippen molar-refractivity contribution in [3.8, 4) is 0 Å². The van der Waals surface area contributed by atoms with Gasteiger partial charge in [-0.2, -0.15) is 0 Å². The topological polar surface area (TPSA) is 164 Å². The number of benzene rings is 1. The van der Waals surface area contributed by atoms with Crippen molar-refractivity contribution >= 4 is 29.8 Å². The number of allylic oxidation sites excluding steroid dienone is 1. The van der Waals surface area contributed by atoms with Crippen molar-refractivity contribution < 1.29 is 43.3 Å². The lowest BCUT2D eigenvalue weighted by atomic mass is 9.94. The number of carbonyl (C=O) groups is 5. The Morgan fingerprint density at radius 2 is 1.40 bits per heavy atom. The lowest BCUT2D eigenvalue weighted by Crippen LogP contribution is -2.53. The normalized spacial score (nSPS) is 21.2. The van der Waals surface area contributed by atoms with Gasteiger partial charge in [0.05, 0.1) is 25.9 Å². The van der Waals surface area contributed by atoms with Crippen LogP contribution in [0.3, 0.4) is 0 Å². The number of nitrogens with one attached hydrogen (secondary N) is 2. The van der Waals surface area contributed by atoms with Crippen LogP contribution in [0.4, 0.5) is 9.59 Å². The van der Waals surface area contributed by atoms with Gasteiger partial charge in [0.2, 0.25) is 11.8 Å². The number of aliphatic hydroxyl groups excluding tert-OH is 1. The summed E-state index contributed by atoms with van der Waals surface area (Å²) in [5.41, 5.74) is 0.745. The third-order valence-corrected chi connectivity index (χ3v) is 8.99. The van der Waals surface area contributed by atoms with E-state index in [0.29, 0.717) is 63.1 Å². The number of ketones is 1. The number of likely N-dealkylation sites (tertiary alicyclic amines) is 2. The molecule has 286 valence electrons. The van der Waals surface area contributed by atoms with Crippen LogP contribution in [0.5, 0.6) is 0 Å². The molecule has 0 spiro atoms. The van der Waals surface area contributed by atoms with E-state index in [2.05, 4.69) is 10.6 Å². The molecule has 2 aliphatic heterocycles. The Morgan fingerprint density at radius 1 is 0.827 bits per heavy atom. The molecule has 0 radical (unpaired) electrons. The van der Waals surface area contributed by atoms with Crippen LogP contribution in [-0.4, -0.2) is 107 Å². The van der Waals surface area contributed by atoms with Crippen molar-refractivity contribution in [3.05, 3.63) is 59.2 Å². The van der Waals surface area contributed by atoms with E-state index >= 15 is 0 Å². The number of ether oxygens (including phenoxy) is 3. The summed E-state index contributed by atoms with van der Waals surface area (Å²) in [7, 11) is 0. The standard InChI is InChI=1S/C39H56N4O9/c1-38(2,3)51-36(48)42-20-8-7-10-30(42)34(46)40-22-32(44)28-16-12-26(13-17-28)24-50-25-27-14-18-29(19-15-27)33(45)23-41-35(47)31-11-9-21-43(31)37(49)52-39(4,5)6/h12-14,16-19,27,30-31,33,45H,7-11,15,20-25H2,1-6H3,(H,40,46)(H,41,47). The fraction of sp³-hybridized carbons (Fsp3) is 0.615. The monoisotopic (exact) mass is 724 g/mol. The van der Waals surface area contributed by atoms with E-state index in [1.807, 2.05) is 30.4 Å². The van der Waals surface area contributed by atoms with Crippen LogP contribution >= 0.6 is 0 Å². The minimum Gasteiger partial charge on any atom is -0.444 e. The summed E-state index contributed by atoms with van der Waals surface area (Å²) >= 11 is 0. The van der Waals surface area contributed by atoms with Gasteiger partial charge in [0.25, 0.3) is 0 Å². The number of amides is 4. The lowest BCUT2D eigenvalue weighted by Gasteiger charge is -2.35. The molecule has 1 aromatic rings. The van der Waals surface area contributed by atoms with Gasteiger partial charge in [0.15, 0.2) is 5.78 Å². The van der Waals surface area contributed by atoms with E-state index in [4.69, 9.17) is 14.2 Å². The number of hydrogen-bond acceptors (Lipinski definition) is 9. The second-order valence-corrected chi connectivity index (χ2v) is 15.7. The smallest absolute Gasteiger partial charge is 0.410 e. The highest BCUT2D eigenvalue weighted by Crippen LogP contribution is 2.23. The van der Waals surface area contributed by atoms with Gasteiger partial charge in [0, 0.05) is 31.1 Å². The maximum absolute atomic E-state index is 12.9. The minimum atomic E-state index is -0.882. The average molecular weight is 725 g/mol. The van der Waals surface area contributed by atoms with Crippen molar-refractivity contribution in [1.82, 2.24) is 20.4 Å². The molecule has 1 aliphatic carbocycles. The van der Waals surface area contributed by atoms with Crippen LogP contribution in [0.1, 0.15) is 96.0 Å². The quantitative estimate of drug-likeness (QED) is 0.260. The van der Waals surface area contributed by atoms with Crippen molar-refractivity contribution in [2.75, 3.05) is 32.8 Å². The van der Waals surface area contributed by atoms with Crippen molar-refractivity contribution in [3.63, 3.8) is 0 Å². The molecule has 2 fully saturated rings. The number of piperidine rings is 1. The van der Waals surface area contributed by atoms with Crippen molar-refractivity contribution in [2.24, 2.45) is 5.92 Å². The van der Waals surface area contributed by atoms with Gasteiger partial charge < -0.3 is 30.0 Å². The maximum atomic E-state index is 12.9. The van der Waals surface area contributed by atoms with Crippen molar-refractivity contribution in [2.45, 2.75) is 116 Å². The first-order valence-corrected chi connectivity index (χ1v) is 18.3. The number of rotatable bonds is 12. The Morgan fingerprint density at radius 3 is 1.98 bits per heavy atom. The fourth-order valence-electron chi connectivity index (χ4n) is 6.31. The second-order valence-electron chi connectivity index (χ2n) is 15.7. The van der Waals surface area contributed by atoms with Crippen molar-refractivity contribution in [1.29, 1.82) is 0 Å². The summed E-state index contributed by atoms with van der Waals surface area (Å²) < 4.78 is 16.8. The number of hydrogen-bond donors (Lipinski definition) is 3. The van der Waals surface area contributed by atoms with E-state index in [-0.39, 0.29) is 36.6 Å². The van der Waals surface area contributed by atoms with Gasteiger partial charge in [-0.15, -0.1) is 0 Å². The highest BCUT2D eigenvalue weighted by Gasteiger charge is 2.37. The van der Waals surface area contributed by atoms with E-state index in [0.717, 1.165) is 18.4 Å². The summed E-state index contributed by atoms with van der Waals surface area (Å²) in [5, 5.41) is 16.2. The molecule has 52 heavy (non-hydrogen) atoms. The Balaban J connectivity index is 1.14. The molecule has 0 aromatic heterocycles. The minimum absolute atomic E-state index is 0.0346. The Bertz CT molecular complexity index is 1490. The SMILES string of the molecule is CC(C)(C)OC(=O)N1CCCCC1C(=O)NCC(=O)c1ccc(COCC2C=CC(C(O)CNC(=O)C3CCCN3C(=O)OC(C)(C)C)=CC2)cc1. The predicted molar refractivity (Wildman–Crippen MR) is 194 cm³/mol. The second kappa shape index (κ2) is 18.0. The molecule has 2 saturated heterocycles. The third-order valence-electron chi connectivity index (χ3n) is 8.99. The highest BCUT2D eigenvalue weighted by molar-refractivity contribution is 6.00. The van der Waals surface area contributed by atoms with Crippen LogP contribution in [0.15, 0.2) is 48.1 Å². The first-order valence-electron chi connectivity index (χ1n) is 18.3. The van der Waals surface area contributed by atoms with E-state index < -0.39 is 41.6 Å². The molecular weight excluding hydrogens is 668 g/mol. The zero-order valence-electron chi connectivity index (χ0n) is 31.4. The molecule has 4 atom stereocenters. The number of aliphatic hydroxyl groups is 1. The number of nitrogens with zero attached hydrogens (tertiary/aromatic N) is 2. The highest BCUT2D eigenvalue weighted by atomic mass is 16.6. The molecule has 3 aliphatic rings. The fourth-order valence-corrected chi connectivity index (χ4v) is 6.31. The molecule has 3 N–H and O–H groups in total. The largest absolute Gasteiger partial charge is 0.444 e. The van der Waals surface area contributed by atoms with Crippen LogP contribution in [-0.2, 0) is 30.4 Å². The zero-order chi connectivity index (χ0) is 38.1. The zero-order valence-corrected chi connectivity index (χ0v) is 31.4. The summed E-state index contributed by atoms with van der Waals surface area (Å²) in [6.07, 6.45) is 7.91. The summed E-state index contributed by atoms with van der Waals surface area (Å²) in [4.78, 5) is 66.7. The van der Waals surface area contributed by atoms with E-state index in [1.165, 1.54) is 9.80 Å². The first-order chi connectivity index (χ1) is 24.5. The van der Waals surface area contributed by atoms with Crippen LogP contribution in [0, 0.1) is 5.92 Å². The average Bonchev–Trinajstić information content (AvgIpc) is 3.59. The molecule has 4 unspecified atom stereocenters. The van der Waals surface area contributed by atoms with Gasteiger partial charge in [-0.05, 0) is 91.2 Å². The molecule has 13 heteroatoms. The first kappa shape index (κ1) is 40.5. The third kappa shape index (κ3) is 12.2. The van der Waals surface area contributed by atoms with Gasteiger partial charge in [0.1, 0.15) is 23.3 Å². The molecular formula is C39H56N4O9. The van der Waals surface area contributed by atoms with Gasteiger partial charge in [-0.3, -0.25) is 24.2 Å². The Hall–Kier alpha value is -4.23.